The van der Waals surface area contributed by atoms with E-state index < -0.39 is 6.43 Å². The van der Waals surface area contributed by atoms with Gasteiger partial charge in [-0.1, -0.05) is 6.42 Å². The number of piperidine rings is 1. The van der Waals surface area contributed by atoms with Crippen molar-refractivity contribution in [3.05, 3.63) is 0 Å². The fourth-order valence-electron chi connectivity index (χ4n) is 2.04. The van der Waals surface area contributed by atoms with Gasteiger partial charge >= 0.3 is 0 Å². The van der Waals surface area contributed by atoms with Crippen LogP contribution in [0.4, 0.5) is 8.78 Å². The number of rotatable bonds is 5. The topological polar surface area (TPSA) is 15.3 Å². The van der Waals surface area contributed by atoms with E-state index >= 15 is 0 Å². The quantitative estimate of drug-likeness (QED) is 0.763. The third-order valence-corrected chi connectivity index (χ3v) is 2.97. The summed E-state index contributed by atoms with van der Waals surface area (Å²) in [4.78, 5) is 1.87. The normalized spacial score (nSPS) is 23.0. The standard InChI is InChI=1S/C11H22F2N2/c1-9(2)15(8-11(12)13)7-10-5-3-4-6-14-10/h9-11,14H,3-8H2,1-2H3. The van der Waals surface area contributed by atoms with Gasteiger partial charge in [-0.05, 0) is 33.2 Å². The predicted molar refractivity (Wildman–Crippen MR) is 58.4 cm³/mol. The van der Waals surface area contributed by atoms with Crippen molar-refractivity contribution < 1.29 is 8.78 Å². The monoisotopic (exact) mass is 220 g/mol. The lowest BCUT2D eigenvalue weighted by Gasteiger charge is -2.32. The summed E-state index contributed by atoms with van der Waals surface area (Å²) in [7, 11) is 0. The van der Waals surface area contributed by atoms with Crippen LogP contribution in [0.1, 0.15) is 33.1 Å². The number of hydrogen-bond acceptors (Lipinski definition) is 2. The fraction of sp³-hybridized carbons (Fsp3) is 1.00. The average Bonchev–Trinajstić information content (AvgIpc) is 2.17. The Morgan fingerprint density at radius 1 is 1.33 bits per heavy atom. The summed E-state index contributed by atoms with van der Waals surface area (Å²) < 4.78 is 24.7. The SMILES string of the molecule is CC(C)N(CC(F)F)CC1CCCCN1. The largest absolute Gasteiger partial charge is 0.313 e. The molecule has 15 heavy (non-hydrogen) atoms. The van der Waals surface area contributed by atoms with Crippen molar-refractivity contribution in [3.8, 4) is 0 Å². The second kappa shape index (κ2) is 6.38. The molecule has 0 spiro atoms. The zero-order chi connectivity index (χ0) is 11.3. The van der Waals surface area contributed by atoms with Crippen molar-refractivity contribution in [2.24, 2.45) is 0 Å². The van der Waals surface area contributed by atoms with E-state index in [1.165, 1.54) is 12.8 Å². The van der Waals surface area contributed by atoms with E-state index in [0.717, 1.165) is 19.5 Å². The molecule has 0 aliphatic carbocycles. The molecule has 0 bridgehead atoms. The Kier molecular flexibility index (Phi) is 5.47. The third kappa shape index (κ3) is 4.89. The molecule has 1 unspecified atom stereocenters. The highest BCUT2D eigenvalue weighted by Gasteiger charge is 2.20. The lowest BCUT2D eigenvalue weighted by Crippen LogP contribution is -2.47. The van der Waals surface area contributed by atoms with Crippen LogP contribution in [0.5, 0.6) is 0 Å². The van der Waals surface area contributed by atoms with Crippen LogP contribution in [-0.4, -0.2) is 43.0 Å². The van der Waals surface area contributed by atoms with Crippen molar-refractivity contribution in [2.75, 3.05) is 19.6 Å². The number of nitrogens with zero attached hydrogens (tertiary/aromatic N) is 1. The van der Waals surface area contributed by atoms with Crippen LogP contribution in [-0.2, 0) is 0 Å². The molecular formula is C11H22F2N2. The van der Waals surface area contributed by atoms with Crippen LogP contribution in [0.25, 0.3) is 0 Å². The van der Waals surface area contributed by atoms with Crippen molar-refractivity contribution in [2.45, 2.75) is 51.6 Å². The zero-order valence-corrected chi connectivity index (χ0v) is 9.68. The first-order valence-electron chi connectivity index (χ1n) is 5.85. The zero-order valence-electron chi connectivity index (χ0n) is 9.68. The third-order valence-electron chi connectivity index (χ3n) is 2.97. The summed E-state index contributed by atoms with van der Waals surface area (Å²) >= 11 is 0. The summed E-state index contributed by atoms with van der Waals surface area (Å²) in [5.74, 6) is 0. The van der Waals surface area contributed by atoms with Gasteiger partial charge < -0.3 is 5.32 Å². The maximum Gasteiger partial charge on any atom is 0.251 e. The summed E-state index contributed by atoms with van der Waals surface area (Å²) in [6, 6.07) is 0.600. The summed E-state index contributed by atoms with van der Waals surface area (Å²) in [5.41, 5.74) is 0. The molecule has 0 amide bonds. The van der Waals surface area contributed by atoms with Crippen LogP contribution >= 0.6 is 0 Å². The highest BCUT2D eigenvalue weighted by molar-refractivity contribution is 4.77. The lowest BCUT2D eigenvalue weighted by atomic mass is 10.0. The maximum atomic E-state index is 12.3. The molecule has 2 nitrogen and oxygen atoms in total. The second-order valence-corrected chi connectivity index (χ2v) is 4.59. The van der Waals surface area contributed by atoms with Crippen molar-refractivity contribution in [1.82, 2.24) is 10.2 Å². The van der Waals surface area contributed by atoms with Gasteiger partial charge in [0.1, 0.15) is 0 Å². The Morgan fingerprint density at radius 2 is 2.07 bits per heavy atom. The molecule has 1 N–H and O–H groups in total. The molecule has 0 saturated carbocycles. The summed E-state index contributed by atoms with van der Waals surface area (Å²) in [5, 5.41) is 3.39. The molecule has 0 radical (unpaired) electrons. The van der Waals surface area contributed by atoms with Gasteiger partial charge in [-0.15, -0.1) is 0 Å². The minimum absolute atomic E-state index is 0.101. The molecule has 90 valence electrons. The Balaban J connectivity index is 2.35. The number of nitrogens with one attached hydrogen (secondary N) is 1. The van der Waals surface area contributed by atoms with Gasteiger partial charge in [-0.2, -0.15) is 0 Å². The van der Waals surface area contributed by atoms with E-state index in [9.17, 15) is 8.78 Å². The average molecular weight is 220 g/mol. The van der Waals surface area contributed by atoms with E-state index in [2.05, 4.69) is 5.32 Å². The minimum Gasteiger partial charge on any atom is -0.313 e. The van der Waals surface area contributed by atoms with Crippen LogP contribution in [0, 0.1) is 0 Å². The van der Waals surface area contributed by atoms with Crippen molar-refractivity contribution >= 4 is 0 Å². The molecule has 4 heteroatoms. The first-order valence-corrected chi connectivity index (χ1v) is 5.85. The van der Waals surface area contributed by atoms with E-state index in [1.807, 2.05) is 18.7 Å². The van der Waals surface area contributed by atoms with Crippen LogP contribution in [0.2, 0.25) is 0 Å². The van der Waals surface area contributed by atoms with Crippen LogP contribution < -0.4 is 5.32 Å². The Bertz CT molecular complexity index is 168. The maximum absolute atomic E-state index is 12.3. The number of halogens is 2. The van der Waals surface area contributed by atoms with Gasteiger partial charge in [0.05, 0.1) is 6.54 Å². The molecule has 1 rings (SSSR count). The van der Waals surface area contributed by atoms with Crippen molar-refractivity contribution in [3.63, 3.8) is 0 Å². The minimum atomic E-state index is -2.23. The summed E-state index contributed by atoms with van der Waals surface area (Å²) in [6.45, 7) is 5.64. The van der Waals surface area contributed by atoms with E-state index in [1.54, 1.807) is 0 Å². The molecule has 1 heterocycles. The smallest absolute Gasteiger partial charge is 0.251 e. The fourth-order valence-corrected chi connectivity index (χ4v) is 2.04. The predicted octanol–water partition coefficient (Wildman–Crippen LogP) is 2.10. The molecule has 1 aliphatic heterocycles. The van der Waals surface area contributed by atoms with Crippen molar-refractivity contribution in [1.29, 1.82) is 0 Å². The van der Waals surface area contributed by atoms with Gasteiger partial charge in [0.15, 0.2) is 0 Å². The van der Waals surface area contributed by atoms with E-state index in [-0.39, 0.29) is 12.6 Å². The number of alkyl halides is 2. The molecule has 1 aliphatic rings. The summed E-state index contributed by atoms with van der Waals surface area (Å²) in [6.07, 6.45) is 1.33. The Morgan fingerprint density at radius 3 is 2.53 bits per heavy atom. The molecule has 0 aromatic carbocycles. The molecule has 0 aromatic rings. The lowest BCUT2D eigenvalue weighted by molar-refractivity contribution is 0.0653. The van der Waals surface area contributed by atoms with Gasteiger partial charge in [0.2, 0.25) is 0 Å². The van der Waals surface area contributed by atoms with Crippen LogP contribution in [0.15, 0.2) is 0 Å². The molecule has 1 saturated heterocycles. The van der Waals surface area contributed by atoms with Gasteiger partial charge in [-0.25, -0.2) is 8.78 Å². The van der Waals surface area contributed by atoms with E-state index in [4.69, 9.17) is 0 Å². The first kappa shape index (κ1) is 12.8. The van der Waals surface area contributed by atoms with Gasteiger partial charge in [0.25, 0.3) is 6.43 Å². The second-order valence-electron chi connectivity index (χ2n) is 4.59. The van der Waals surface area contributed by atoms with Crippen LogP contribution in [0.3, 0.4) is 0 Å². The highest BCUT2D eigenvalue weighted by Crippen LogP contribution is 2.11. The Hall–Kier alpha value is -0.220. The number of hydrogen-bond donors (Lipinski definition) is 1. The van der Waals surface area contributed by atoms with Gasteiger partial charge in [0, 0.05) is 18.6 Å². The van der Waals surface area contributed by atoms with Gasteiger partial charge in [-0.3, -0.25) is 4.90 Å². The highest BCUT2D eigenvalue weighted by atomic mass is 19.3. The Labute approximate surface area is 91.0 Å². The van der Waals surface area contributed by atoms with E-state index in [0.29, 0.717) is 6.04 Å². The molecule has 1 fully saturated rings. The molecular weight excluding hydrogens is 198 g/mol. The molecule has 0 aromatic heterocycles. The molecule has 1 atom stereocenters. The first-order chi connectivity index (χ1) is 7.09.